The minimum atomic E-state index is -0.215. The molecule has 0 saturated carbocycles. The van der Waals surface area contributed by atoms with E-state index in [-0.39, 0.29) is 5.82 Å². The number of anilines is 2. The third kappa shape index (κ3) is 3.17. The van der Waals surface area contributed by atoms with Gasteiger partial charge in [-0.15, -0.1) is 0 Å². The number of rotatable bonds is 6. The summed E-state index contributed by atoms with van der Waals surface area (Å²) in [4.78, 5) is 2.03. The van der Waals surface area contributed by atoms with Crippen LogP contribution >= 0.6 is 0 Å². The number of halogens is 1. The van der Waals surface area contributed by atoms with Gasteiger partial charge in [0.1, 0.15) is 5.82 Å². The molecular formula is C17H21FN2. The Kier molecular flexibility index (Phi) is 5.13. The molecule has 0 saturated heterocycles. The Morgan fingerprint density at radius 1 is 1.05 bits per heavy atom. The smallest absolute Gasteiger partial charge is 0.147 e. The van der Waals surface area contributed by atoms with E-state index in [1.54, 1.807) is 6.07 Å². The van der Waals surface area contributed by atoms with Crippen LogP contribution in [-0.2, 0) is 6.54 Å². The lowest BCUT2D eigenvalue weighted by Crippen LogP contribution is -2.22. The molecule has 2 rings (SSSR count). The lowest BCUT2D eigenvalue weighted by molar-refractivity contribution is 0.620. The van der Waals surface area contributed by atoms with Crippen LogP contribution in [0.15, 0.2) is 48.5 Å². The Balaban J connectivity index is 2.46. The van der Waals surface area contributed by atoms with Gasteiger partial charge in [-0.1, -0.05) is 43.7 Å². The average Bonchev–Trinajstić information content (AvgIpc) is 2.50. The molecule has 0 aromatic heterocycles. The summed E-state index contributed by atoms with van der Waals surface area (Å²) >= 11 is 0. The summed E-state index contributed by atoms with van der Waals surface area (Å²) in [5.41, 5.74) is 8.22. The van der Waals surface area contributed by atoms with E-state index in [0.717, 1.165) is 30.6 Å². The van der Waals surface area contributed by atoms with Gasteiger partial charge >= 0.3 is 0 Å². The molecule has 2 nitrogen and oxygen atoms in total. The van der Waals surface area contributed by atoms with Gasteiger partial charge in [0.15, 0.2) is 0 Å². The molecular weight excluding hydrogens is 251 g/mol. The standard InChI is InChI=1S/C17H21FN2/c1-2-3-12-20(15-9-5-4-6-10-15)17-14(13-19)8-7-11-16(17)18/h4-11H,2-3,12-13,19H2,1H3. The van der Waals surface area contributed by atoms with E-state index < -0.39 is 0 Å². The van der Waals surface area contributed by atoms with Crippen LogP contribution in [-0.4, -0.2) is 6.54 Å². The molecule has 2 N–H and O–H groups in total. The first-order valence-electron chi connectivity index (χ1n) is 7.08. The lowest BCUT2D eigenvalue weighted by atomic mass is 10.1. The molecule has 0 aliphatic heterocycles. The second-order valence-corrected chi connectivity index (χ2v) is 4.79. The van der Waals surface area contributed by atoms with Crippen LogP contribution in [0.5, 0.6) is 0 Å². The van der Waals surface area contributed by atoms with Gasteiger partial charge in [-0.3, -0.25) is 0 Å². The number of unbranched alkanes of at least 4 members (excludes halogenated alkanes) is 1. The van der Waals surface area contributed by atoms with E-state index in [1.807, 2.05) is 41.3 Å². The third-order valence-corrected chi connectivity index (χ3v) is 3.36. The minimum Gasteiger partial charge on any atom is -0.339 e. The van der Waals surface area contributed by atoms with Crippen LogP contribution in [0.25, 0.3) is 0 Å². The number of nitrogens with zero attached hydrogens (tertiary/aromatic N) is 1. The zero-order valence-corrected chi connectivity index (χ0v) is 11.8. The number of hydrogen-bond acceptors (Lipinski definition) is 2. The zero-order chi connectivity index (χ0) is 14.4. The molecule has 3 heteroatoms. The highest BCUT2D eigenvalue weighted by molar-refractivity contribution is 5.67. The summed E-state index contributed by atoms with van der Waals surface area (Å²) < 4.78 is 14.3. The lowest BCUT2D eigenvalue weighted by Gasteiger charge is -2.27. The van der Waals surface area contributed by atoms with Crippen molar-refractivity contribution in [3.05, 3.63) is 59.9 Å². The first-order valence-corrected chi connectivity index (χ1v) is 7.08. The highest BCUT2D eigenvalue weighted by Gasteiger charge is 2.16. The molecule has 2 aromatic carbocycles. The Bertz CT molecular complexity index is 540. The third-order valence-electron chi connectivity index (χ3n) is 3.36. The second kappa shape index (κ2) is 7.06. The molecule has 0 unspecified atom stereocenters. The fourth-order valence-corrected chi connectivity index (χ4v) is 2.32. The first kappa shape index (κ1) is 14.5. The fraction of sp³-hybridized carbons (Fsp3) is 0.294. The molecule has 0 aliphatic carbocycles. The molecule has 20 heavy (non-hydrogen) atoms. The van der Waals surface area contributed by atoms with E-state index in [4.69, 9.17) is 5.73 Å². The largest absolute Gasteiger partial charge is 0.339 e. The molecule has 0 amide bonds. The molecule has 0 radical (unpaired) electrons. The number of benzene rings is 2. The van der Waals surface area contributed by atoms with Crippen LogP contribution in [0.3, 0.4) is 0 Å². The van der Waals surface area contributed by atoms with Crippen LogP contribution in [0.1, 0.15) is 25.3 Å². The molecule has 0 heterocycles. The topological polar surface area (TPSA) is 29.3 Å². The maximum atomic E-state index is 14.3. The van der Waals surface area contributed by atoms with Gasteiger partial charge in [0, 0.05) is 18.8 Å². The molecule has 0 fully saturated rings. The Morgan fingerprint density at radius 3 is 2.45 bits per heavy atom. The fourth-order valence-electron chi connectivity index (χ4n) is 2.32. The minimum absolute atomic E-state index is 0.215. The van der Waals surface area contributed by atoms with Gasteiger partial charge < -0.3 is 10.6 Å². The quantitative estimate of drug-likeness (QED) is 0.853. The molecule has 106 valence electrons. The average molecular weight is 272 g/mol. The van der Waals surface area contributed by atoms with Gasteiger partial charge in [0.25, 0.3) is 0 Å². The molecule has 2 aromatic rings. The monoisotopic (exact) mass is 272 g/mol. The van der Waals surface area contributed by atoms with Crippen LogP contribution in [0.4, 0.5) is 15.8 Å². The zero-order valence-electron chi connectivity index (χ0n) is 11.8. The summed E-state index contributed by atoms with van der Waals surface area (Å²) in [5, 5.41) is 0. The summed E-state index contributed by atoms with van der Waals surface area (Å²) in [6, 6.07) is 15.0. The predicted octanol–water partition coefficient (Wildman–Crippen LogP) is 4.22. The van der Waals surface area contributed by atoms with Crippen LogP contribution in [0.2, 0.25) is 0 Å². The van der Waals surface area contributed by atoms with Gasteiger partial charge in [-0.05, 0) is 30.2 Å². The molecule has 0 bridgehead atoms. The van der Waals surface area contributed by atoms with Gasteiger partial charge in [0.2, 0.25) is 0 Å². The van der Waals surface area contributed by atoms with Gasteiger partial charge in [-0.2, -0.15) is 0 Å². The predicted molar refractivity (Wildman–Crippen MR) is 82.6 cm³/mol. The molecule has 0 spiro atoms. The molecule has 0 atom stereocenters. The molecule has 0 aliphatic rings. The Hall–Kier alpha value is -1.87. The SMILES string of the molecule is CCCCN(c1ccccc1)c1c(F)cccc1CN. The van der Waals surface area contributed by atoms with E-state index >= 15 is 0 Å². The maximum Gasteiger partial charge on any atom is 0.147 e. The first-order chi connectivity index (χ1) is 9.77. The van der Waals surface area contributed by atoms with Gasteiger partial charge in [-0.25, -0.2) is 4.39 Å². The van der Waals surface area contributed by atoms with Crippen molar-refractivity contribution >= 4 is 11.4 Å². The number of nitrogens with two attached hydrogens (primary N) is 1. The maximum absolute atomic E-state index is 14.3. The van der Waals surface area contributed by atoms with Crippen molar-refractivity contribution in [2.24, 2.45) is 5.73 Å². The summed E-state index contributed by atoms with van der Waals surface area (Å²) in [7, 11) is 0. The van der Waals surface area contributed by atoms with E-state index in [9.17, 15) is 4.39 Å². The van der Waals surface area contributed by atoms with Crippen molar-refractivity contribution in [2.45, 2.75) is 26.3 Å². The van der Waals surface area contributed by atoms with Crippen LogP contribution < -0.4 is 10.6 Å². The van der Waals surface area contributed by atoms with Crippen molar-refractivity contribution in [3.8, 4) is 0 Å². The summed E-state index contributed by atoms with van der Waals surface area (Å²) in [6.07, 6.45) is 2.07. The van der Waals surface area contributed by atoms with Crippen molar-refractivity contribution in [2.75, 3.05) is 11.4 Å². The van der Waals surface area contributed by atoms with Crippen LogP contribution in [0, 0.1) is 5.82 Å². The highest BCUT2D eigenvalue weighted by Crippen LogP contribution is 2.31. The Labute approximate surface area is 120 Å². The van der Waals surface area contributed by atoms with Crippen molar-refractivity contribution in [1.82, 2.24) is 0 Å². The highest BCUT2D eigenvalue weighted by atomic mass is 19.1. The summed E-state index contributed by atoms with van der Waals surface area (Å²) in [6.45, 7) is 3.26. The second-order valence-electron chi connectivity index (χ2n) is 4.79. The van der Waals surface area contributed by atoms with Crippen molar-refractivity contribution < 1.29 is 4.39 Å². The van der Waals surface area contributed by atoms with Gasteiger partial charge in [0.05, 0.1) is 5.69 Å². The van der Waals surface area contributed by atoms with E-state index in [0.29, 0.717) is 12.2 Å². The summed E-state index contributed by atoms with van der Waals surface area (Å²) in [5.74, 6) is -0.215. The normalized spacial score (nSPS) is 10.6. The Morgan fingerprint density at radius 2 is 1.80 bits per heavy atom. The van der Waals surface area contributed by atoms with Crippen molar-refractivity contribution in [3.63, 3.8) is 0 Å². The number of para-hydroxylation sites is 2. The van der Waals surface area contributed by atoms with E-state index in [1.165, 1.54) is 6.07 Å². The number of hydrogen-bond donors (Lipinski definition) is 1. The van der Waals surface area contributed by atoms with E-state index in [2.05, 4.69) is 6.92 Å². The van der Waals surface area contributed by atoms with Crippen molar-refractivity contribution in [1.29, 1.82) is 0 Å².